The molecule has 1 amide bonds. The SMILES string of the molecule is CNCC1CCCCN1C(=O)c1ccc(Br)cc1OC. The van der Waals surface area contributed by atoms with Crippen LogP contribution in [0.5, 0.6) is 5.75 Å². The highest BCUT2D eigenvalue weighted by Crippen LogP contribution is 2.27. The Balaban J connectivity index is 2.24. The predicted molar refractivity (Wildman–Crippen MR) is 83.3 cm³/mol. The monoisotopic (exact) mass is 340 g/mol. The van der Waals surface area contributed by atoms with Gasteiger partial charge in [-0.05, 0) is 44.5 Å². The van der Waals surface area contributed by atoms with Crippen molar-refractivity contribution in [3.8, 4) is 5.75 Å². The molecule has 1 unspecified atom stereocenters. The number of benzene rings is 1. The molecule has 20 heavy (non-hydrogen) atoms. The normalized spacial score (nSPS) is 18.9. The molecule has 1 aromatic carbocycles. The lowest BCUT2D eigenvalue weighted by Gasteiger charge is -2.36. The van der Waals surface area contributed by atoms with E-state index < -0.39 is 0 Å². The second-order valence-corrected chi connectivity index (χ2v) is 5.97. The summed E-state index contributed by atoms with van der Waals surface area (Å²) in [4.78, 5) is 14.8. The van der Waals surface area contributed by atoms with Crippen LogP contribution in [0.3, 0.4) is 0 Å². The molecule has 0 aliphatic carbocycles. The van der Waals surface area contributed by atoms with E-state index in [1.165, 1.54) is 6.42 Å². The molecule has 0 spiro atoms. The third-order valence-electron chi connectivity index (χ3n) is 3.72. The molecule has 1 saturated heterocycles. The number of ether oxygens (including phenoxy) is 1. The van der Waals surface area contributed by atoms with Crippen molar-refractivity contribution in [3.05, 3.63) is 28.2 Å². The first-order chi connectivity index (χ1) is 9.67. The number of hydrogen-bond donors (Lipinski definition) is 1. The van der Waals surface area contributed by atoms with Gasteiger partial charge in [0.05, 0.1) is 12.7 Å². The van der Waals surface area contributed by atoms with Crippen molar-refractivity contribution >= 4 is 21.8 Å². The van der Waals surface area contributed by atoms with Gasteiger partial charge in [0.15, 0.2) is 0 Å². The number of nitrogens with one attached hydrogen (secondary N) is 1. The number of piperidine rings is 1. The molecular formula is C15H21BrN2O2. The summed E-state index contributed by atoms with van der Waals surface area (Å²) in [5.41, 5.74) is 0.638. The maximum Gasteiger partial charge on any atom is 0.257 e. The fraction of sp³-hybridized carbons (Fsp3) is 0.533. The first kappa shape index (κ1) is 15.3. The molecule has 1 N–H and O–H groups in total. The quantitative estimate of drug-likeness (QED) is 0.916. The standard InChI is InChI=1S/C15H21BrN2O2/c1-17-10-12-5-3-4-8-18(12)15(19)13-7-6-11(16)9-14(13)20-2/h6-7,9,12,17H,3-5,8,10H2,1-2H3. The number of halogens is 1. The van der Waals surface area contributed by atoms with Crippen molar-refractivity contribution in [1.29, 1.82) is 0 Å². The molecule has 1 fully saturated rings. The highest BCUT2D eigenvalue weighted by Gasteiger charge is 2.28. The van der Waals surface area contributed by atoms with Crippen LogP contribution in [0.4, 0.5) is 0 Å². The zero-order chi connectivity index (χ0) is 14.5. The molecule has 0 aromatic heterocycles. The minimum absolute atomic E-state index is 0.0642. The number of amides is 1. The van der Waals surface area contributed by atoms with E-state index in [0.717, 1.165) is 30.4 Å². The Morgan fingerprint density at radius 2 is 2.30 bits per heavy atom. The summed E-state index contributed by atoms with van der Waals surface area (Å²) < 4.78 is 6.25. The summed E-state index contributed by atoms with van der Waals surface area (Å²) in [6.45, 7) is 1.66. The highest BCUT2D eigenvalue weighted by molar-refractivity contribution is 9.10. The van der Waals surface area contributed by atoms with Crippen molar-refractivity contribution in [2.24, 2.45) is 0 Å². The van der Waals surface area contributed by atoms with Gasteiger partial charge in [-0.15, -0.1) is 0 Å². The van der Waals surface area contributed by atoms with Gasteiger partial charge in [-0.25, -0.2) is 0 Å². The van der Waals surface area contributed by atoms with Gasteiger partial charge in [0.1, 0.15) is 5.75 Å². The summed E-state index contributed by atoms with van der Waals surface area (Å²) in [6.07, 6.45) is 3.32. The highest BCUT2D eigenvalue weighted by atomic mass is 79.9. The number of nitrogens with zero attached hydrogens (tertiary/aromatic N) is 1. The summed E-state index contributed by atoms with van der Waals surface area (Å²) in [5, 5.41) is 3.18. The maximum atomic E-state index is 12.8. The lowest BCUT2D eigenvalue weighted by molar-refractivity contribution is 0.0611. The molecule has 0 radical (unpaired) electrons. The van der Waals surface area contributed by atoms with Crippen LogP contribution in [0.15, 0.2) is 22.7 Å². The summed E-state index contributed by atoms with van der Waals surface area (Å²) in [5.74, 6) is 0.687. The van der Waals surface area contributed by atoms with Crippen LogP contribution >= 0.6 is 15.9 Å². The van der Waals surface area contributed by atoms with Crippen molar-refractivity contribution in [2.75, 3.05) is 27.2 Å². The second-order valence-electron chi connectivity index (χ2n) is 5.05. The molecular weight excluding hydrogens is 320 g/mol. The minimum atomic E-state index is 0.0642. The summed E-state index contributed by atoms with van der Waals surface area (Å²) in [6, 6.07) is 5.82. The number of likely N-dealkylation sites (N-methyl/N-ethyl adjacent to an activating group) is 1. The number of methoxy groups -OCH3 is 1. The molecule has 1 aromatic rings. The van der Waals surface area contributed by atoms with Gasteiger partial charge in [-0.3, -0.25) is 4.79 Å². The largest absolute Gasteiger partial charge is 0.496 e. The Bertz CT molecular complexity index is 477. The molecule has 2 rings (SSSR count). The molecule has 1 aliphatic heterocycles. The van der Waals surface area contributed by atoms with Crippen LogP contribution in [-0.2, 0) is 0 Å². The Hall–Kier alpha value is -1.07. The molecule has 1 heterocycles. The number of hydrogen-bond acceptors (Lipinski definition) is 3. The van der Waals surface area contributed by atoms with Crippen LogP contribution in [-0.4, -0.2) is 44.1 Å². The molecule has 1 aliphatic rings. The van der Waals surface area contributed by atoms with Crippen LogP contribution in [0.1, 0.15) is 29.6 Å². The van der Waals surface area contributed by atoms with Gasteiger partial charge in [0, 0.05) is 23.6 Å². The Morgan fingerprint density at radius 3 is 3.00 bits per heavy atom. The van der Waals surface area contributed by atoms with Gasteiger partial charge in [-0.1, -0.05) is 15.9 Å². The average molecular weight is 341 g/mol. The first-order valence-electron chi connectivity index (χ1n) is 6.96. The molecule has 0 saturated carbocycles. The van der Waals surface area contributed by atoms with Gasteiger partial charge in [-0.2, -0.15) is 0 Å². The van der Waals surface area contributed by atoms with E-state index in [1.54, 1.807) is 7.11 Å². The molecule has 0 bridgehead atoms. The number of carbonyl (C=O) groups excluding carboxylic acids is 1. The molecule has 1 atom stereocenters. The summed E-state index contributed by atoms with van der Waals surface area (Å²) in [7, 11) is 3.53. The second kappa shape index (κ2) is 7.09. The number of carbonyl (C=O) groups is 1. The van der Waals surface area contributed by atoms with E-state index in [2.05, 4.69) is 21.2 Å². The fourth-order valence-electron chi connectivity index (χ4n) is 2.71. The van der Waals surface area contributed by atoms with E-state index in [4.69, 9.17) is 4.74 Å². The molecule has 5 heteroatoms. The Labute approximate surface area is 128 Å². The van der Waals surface area contributed by atoms with E-state index in [0.29, 0.717) is 11.3 Å². The predicted octanol–water partition coefficient (Wildman–Crippen LogP) is 2.67. The van der Waals surface area contributed by atoms with E-state index in [9.17, 15) is 4.79 Å². The van der Waals surface area contributed by atoms with Crippen molar-refractivity contribution in [3.63, 3.8) is 0 Å². The Morgan fingerprint density at radius 1 is 1.50 bits per heavy atom. The smallest absolute Gasteiger partial charge is 0.257 e. The zero-order valence-corrected chi connectivity index (χ0v) is 13.6. The van der Waals surface area contributed by atoms with Crippen LogP contribution in [0.25, 0.3) is 0 Å². The van der Waals surface area contributed by atoms with E-state index in [1.807, 2.05) is 30.1 Å². The van der Waals surface area contributed by atoms with Crippen molar-refractivity contribution in [1.82, 2.24) is 10.2 Å². The van der Waals surface area contributed by atoms with Crippen LogP contribution in [0, 0.1) is 0 Å². The maximum absolute atomic E-state index is 12.8. The van der Waals surface area contributed by atoms with E-state index in [-0.39, 0.29) is 11.9 Å². The lowest BCUT2D eigenvalue weighted by Crippen LogP contribution is -2.48. The van der Waals surface area contributed by atoms with Crippen LogP contribution < -0.4 is 10.1 Å². The minimum Gasteiger partial charge on any atom is -0.496 e. The number of rotatable bonds is 4. The topological polar surface area (TPSA) is 41.6 Å². The van der Waals surface area contributed by atoms with Gasteiger partial charge in [0.25, 0.3) is 5.91 Å². The molecule has 110 valence electrons. The number of likely N-dealkylation sites (tertiary alicyclic amines) is 1. The molecule has 4 nitrogen and oxygen atoms in total. The van der Waals surface area contributed by atoms with Crippen LogP contribution in [0.2, 0.25) is 0 Å². The van der Waals surface area contributed by atoms with Gasteiger partial charge in [0.2, 0.25) is 0 Å². The van der Waals surface area contributed by atoms with Gasteiger partial charge < -0.3 is 15.0 Å². The zero-order valence-electron chi connectivity index (χ0n) is 12.0. The third-order valence-corrected chi connectivity index (χ3v) is 4.21. The fourth-order valence-corrected chi connectivity index (χ4v) is 3.05. The van der Waals surface area contributed by atoms with Gasteiger partial charge >= 0.3 is 0 Å². The van der Waals surface area contributed by atoms with Crippen molar-refractivity contribution < 1.29 is 9.53 Å². The third kappa shape index (κ3) is 3.33. The summed E-state index contributed by atoms with van der Waals surface area (Å²) >= 11 is 3.40. The van der Waals surface area contributed by atoms with E-state index >= 15 is 0 Å². The Kier molecular flexibility index (Phi) is 5.43. The lowest BCUT2D eigenvalue weighted by atomic mass is 10.0. The average Bonchev–Trinajstić information content (AvgIpc) is 2.47. The first-order valence-corrected chi connectivity index (χ1v) is 7.75. The van der Waals surface area contributed by atoms with Crippen molar-refractivity contribution in [2.45, 2.75) is 25.3 Å².